The van der Waals surface area contributed by atoms with Gasteiger partial charge in [-0.1, -0.05) is 96.3 Å². The van der Waals surface area contributed by atoms with Crippen LogP contribution >= 0.6 is 0 Å². The minimum atomic E-state index is -1.75. The van der Waals surface area contributed by atoms with E-state index in [0.717, 1.165) is 12.2 Å². The molecular weight excluding hydrogens is 332 g/mol. The highest BCUT2D eigenvalue weighted by Crippen LogP contribution is 2.43. The zero-order valence-corrected chi connectivity index (χ0v) is 19.0. The Morgan fingerprint density at radius 2 is 1.81 bits per heavy atom. The largest absolute Gasteiger partial charge is 0.489 e. The Morgan fingerprint density at radius 3 is 2.31 bits per heavy atom. The van der Waals surface area contributed by atoms with E-state index >= 15 is 0 Å². The monoisotopic (exact) mass is 368 g/mol. The molecule has 0 bridgehead atoms. The minimum absolute atomic E-state index is 0.0767. The Morgan fingerprint density at radius 1 is 1.15 bits per heavy atom. The molecule has 26 heavy (non-hydrogen) atoms. The van der Waals surface area contributed by atoms with Crippen molar-refractivity contribution in [2.24, 2.45) is 0 Å². The van der Waals surface area contributed by atoms with Crippen molar-refractivity contribution < 1.29 is 4.74 Å². The molecule has 0 fully saturated rings. The first-order chi connectivity index (χ1) is 11.9. The van der Waals surface area contributed by atoms with Crippen molar-refractivity contribution in [3.05, 3.63) is 59.7 Å². The summed E-state index contributed by atoms with van der Waals surface area (Å²) in [6, 6.07) is 4.69. The third-order valence-corrected chi connectivity index (χ3v) is 11.8. The molecule has 0 N–H and O–H groups in total. The van der Waals surface area contributed by atoms with Gasteiger partial charge in [-0.3, -0.25) is 0 Å². The summed E-state index contributed by atoms with van der Waals surface area (Å²) in [6.45, 7) is 23.3. The molecular formula is C24H36OSi. The molecule has 0 spiro atoms. The number of rotatable bonds is 6. The second-order valence-corrected chi connectivity index (χ2v) is 14.9. The first-order valence-corrected chi connectivity index (χ1v) is 12.7. The lowest BCUT2D eigenvalue weighted by Gasteiger charge is -2.40. The molecule has 0 saturated carbocycles. The molecule has 1 aliphatic rings. The number of ether oxygens (including phenoxy) is 1. The van der Waals surface area contributed by atoms with Crippen LogP contribution in [-0.2, 0) is 5.41 Å². The molecule has 2 heteroatoms. The zero-order valence-electron chi connectivity index (χ0n) is 18.0. The molecule has 142 valence electrons. The van der Waals surface area contributed by atoms with Crippen molar-refractivity contribution in [2.45, 2.75) is 71.5 Å². The van der Waals surface area contributed by atoms with E-state index in [1.807, 2.05) is 6.08 Å². The van der Waals surface area contributed by atoms with Gasteiger partial charge in [-0.2, -0.15) is 0 Å². The summed E-state index contributed by atoms with van der Waals surface area (Å²) in [6.07, 6.45) is 9.73. The van der Waals surface area contributed by atoms with Gasteiger partial charge in [-0.15, -0.1) is 0 Å². The van der Waals surface area contributed by atoms with Crippen LogP contribution < -0.4 is 9.92 Å². The van der Waals surface area contributed by atoms with E-state index in [0.29, 0.717) is 6.61 Å². The Kier molecular flexibility index (Phi) is 5.77. The Hall–Kier alpha value is -1.54. The van der Waals surface area contributed by atoms with Crippen molar-refractivity contribution in [1.82, 2.24) is 0 Å². The second-order valence-electron chi connectivity index (χ2n) is 9.59. The van der Waals surface area contributed by atoms with Gasteiger partial charge in [0.05, 0.1) is 8.07 Å². The van der Waals surface area contributed by atoms with Gasteiger partial charge in [0.15, 0.2) is 0 Å². The highest BCUT2D eigenvalue weighted by atomic mass is 28.3. The van der Waals surface area contributed by atoms with Crippen LogP contribution in [0.1, 0.15) is 52.2 Å². The minimum Gasteiger partial charge on any atom is -0.489 e. The van der Waals surface area contributed by atoms with Crippen molar-refractivity contribution in [3.63, 3.8) is 0 Å². The summed E-state index contributed by atoms with van der Waals surface area (Å²) in [5.74, 6) is 1.09. The van der Waals surface area contributed by atoms with E-state index in [9.17, 15) is 0 Å². The third kappa shape index (κ3) is 3.76. The number of aryl methyl sites for hydroxylation is 1. The van der Waals surface area contributed by atoms with Gasteiger partial charge in [0.2, 0.25) is 0 Å². The van der Waals surface area contributed by atoms with Crippen LogP contribution in [0.5, 0.6) is 5.75 Å². The number of hydrogen-bond donors (Lipinski definition) is 0. The number of hydrogen-bond acceptors (Lipinski definition) is 1. The predicted octanol–water partition coefficient (Wildman–Crippen LogP) is 6.44. The highest BCUT2D eigenvalue weighted by molar-refractivity contribution is 6.92. The zero-order chi connectivity index (χ0) is 19.8. The van der Waals surface area contributed by atoms with E-state index in [1.54, 1.807) is 0 Å². The molecule has 1 aliphatic carbocycles. The van der Waals surface area contributed by atoms with Crippen LogP contribution in [0, 0.1) is 6.92 Å². The van der Waals surface area contributed by atoms with Gasteiger partial charge in [0.25, 0.3) is 0 Å². The van der Waals surface area contributed by atoms with Crippen LogP contribution in [0.15, 0.2) is 48.6 Å². The van der Waals surface area contributed by atoms with Crippen molar-refractivity contribution >= 4 is 13.3 Å². The van der Waals surface area contributed by atoms with Gasteiger partial charge >= 0.3 is 0 Å². The van der Waals surface area contributed by atoms with Crippen LogP contribution in [0.3, 0.4) is 0 Å². The average molecular weight is 369 g/mol. The summed E-state index contributed by atoms with van der Waals surface area (Å²) in [7, 11) is -1.75. The molecule has 0 aromatic heterocycles. The van der Waals surface area contributed by atoms with E-state index in [4.69, 9.17) is 4.74 Å². The van der Waals surface area contributed by atoms with Gasteiger partial charge in [-0.25, -0.2) is 0 Å². The summed E-state index contributed by atoms with van der Waals surface area (Å²) in [4.78, 5) is 0. The Balaban J connectivity index is 2.76. The fourth-order valence-corrected chi connectivity index (χ4v) is 5.65. The predicted molar refractivity (Wildman–Crippen MR) is 119 cm³/mol. The number of benzene rings is 1. The average Bonchev–Trinajstić information content (AvgIpc) is 3.07. The highest BCUT2D eigenvalue weighted by Gasteiger charge is 2.41. The molecule has 0 radical (unpaired) electrons. The van der Waals surface area contributed by atoms with E-state index < -0.39 is 8.07 Å². The topological polar surface area (TPSA) is 9.23 Å². The SMILES string of the molecule is C=CCOc1c(C(C)(C)C2=CCC=C2)cc(C)cc1[Si](C)(C)C(C)(C)C. The van der Waals surface area contributed by atoms with Gasteiger partial charge in [0.1, 0.15) is 12.4 Å². The third-order valence-electron chi connectivity index (χ3n) is 6.29. The Labute approximate surface area is 161 Å². The smallest absolute Gasteiger partial charge is 0.123 e. The second kappa shape index (κ2) is 7.23. The fourth-order valence-electron chi connectivity index (χ4n) is 3.48. The maximum atomic E-state index is 6.37. The summed E-state index contributed by atoms with van der Waals surface area (Å²) in [5, 5.41) is 1.68. The van der Waals surface area contributed by atoms with Crippen LogP contribution in [-0.4, -0.2) is 14.7 Å². The Bertz CT molecular complexity index is 742. The van der Waals surface area contributed by atoms with E-state index in [-0.39, 0.29) is 10.5 Å². The maximum Gasteiger partial charge on any atom is 0.123 e. The molecule has 1 nitrogen and oxygen atoms in total. The van der Waals surface area contributed by atoms with Crippen molar-refractivity contribution in [1.29, 1.82) is 0 Å². The summed E-state index contributed by atoms with van der Waals surface area (Å²) in [5.41, 5.74) is 3.93. The lowest BCUT2D eigenvalue weighted by molar-refractivity contribution is 0.355. The van der Waals surface area contributed by atoms with Gasteiger partial charge < -0.3 is 4.74 Å². The first kappa shape index (κ1) is 20.8. The van der Waals surface area contributed by atoms with Gasteiger partial charge in [0, 0.05) is 11.0 Å². The molecule has 0 atom stereocenters. The first-order valence-electron chi connectivity index (χ1n) is 9.69. The van der Waals surface area contributed by atoms with Crippen molar-refractivity contribution in [2.75, 3.05) is 6.61 Å². The van der Waals surface area contributed by atoms with E-state index in [2.05, 4.69) is 91.6 Å². The molecule has 0 unspecified atom stereocenters. The summed E-state index contributed by atoms with van der Waals surface area (Å²) >= 11 is 0. The molecule has 2 rings (SSSR count). The lowest BCUT2D eigenvalue weighted by Crippen LogP contribution is -2.50. The van der Waals surface area contributed by atoms with Crippen molar-refractivity contribution in [3.8, 4) is 5.75 Å². The maximum absolute atomic E-state index is 6.37. The molecule has 1 aromatic carbocycles. The van der Waals surface area contributed by atoms with Crippen LogP contribution in [0.25, 0.3) is 0 Å². The number of allylic oxidation sites excluding steroid dienone is 4. The van der Waals surface area contributed by atoms with E-state index in [1.165, 1.54) is 21.9 Å². The molecule has 0 amide bonds. The van der Waals surface area contributed by atoms with Crippen LogP contribution in [0.2, 0.25) is 18.1 Å². The normalized spacial score (nSPS) is 15.2. The molecule has 0 saturated heterocycles. The fraction of sp³-hybridized carbons (Fsp3) is 0.500. The van der Waals surface area contributed by atoms with Crippen LogP contribution in [0.4, 0.5) is 0 Å². The van der Waals surface area contributed by atoms with Gasteiger partial charge in [-0.05, 0) is 29.1 Å². The summed E-state index contributed by atoms with van der Waals surface area (Å²) < 4.78 is 6.37. The quantitative estimate of drug-likeness (QED) is 0.415. The lowest BCUT2D eigenvalue weighted by atomic mass is 9.77. The molecule has 1 aromatic rings. The molecule has 0 aliphatic heterocycles. The molecule has 0 heterocycles. The standard InChI is InChI=1S/C24H36OSi/c1-10-15-25-22-20(24(6,7)19-13-11-12-14-19)16-18(2)17-21(22)26(8,9)23(3,4)5/h10-11,13-14,16-17H,1,12,15H2,2-9H3.